The fourth-order valence-corrected chi connectivity index (χ4v) is 4.30. The van der Waals surface area contributed by atoms with Crippen LogP contribution in [0, 0.1) is 11.3 Å². The van der Waals surface area contributed by atoms with E-state index in [2.05, 4.69) is 6.07 Å². The number of fused-ring (bicyclic) bond motifs is 1. The van der Waals surface area contributed by atoms with Gasteiger partial charge in [-0.3, -0.25) is 9.59 Å². The number of carbonyl (C=O) groups excluding carboxylic acids is 2. The highest BCUT2D eigenvalue weighted by atomic mass is 16.5. The summed E-state index contributed by atoms with van der Waals surface area (Å²) in [4.78, 5) is 28.8. The number of amides is 2. The highest BCUT2D eigenvalue weighted by molar-refractivity contribution is 5.96. The summed E-state index contributed by atoms with van der Waals surface area (Å²) in [6.45, 7) is 2.80. The number of benzene rings is 3. The van der Waals surface area contributed by atoms with Crippen LogP contribution in [0.25, 0.3) is 21.9 Å². The molecule has 1 atom stereocenters. The summed E-state index contributed by atoms with van der Waals surface area (Å²) in [7, 11) is 0. The van der Waals surface area contributed by atoms with Crippen LogP contribution in [-0.2, 0) is 9.53 Å². The Bertz CT molecular complexity index is 1220. The highest BCUT2D eigenvalue weighted by Crippen LogP contribution is 2.27. The minimum atomic E-state index is -0.288. The summed E-state index contributed by atoms with van der Waals surface area (Å²) >= 11 is 0. The fraction of sp³-hybridized carbons (Fsp3) is 0.269. The van der Waals surface area contributed by atoms with Gasteiger partial charge in [0.1, 0.15) is 6.10 Å². The van der Waals surface area contributed by atoms with Crippen LogP contribution in [0.5, 0.6) is 0 Å². The lowest BCUT2D eigenvalue weighted by atomic mass is 9.98. The molecular formula is C26H23N3O3. The Morgan fingerprint density at radius 1 is 0.906 bits per heavy atom. The second kappa shape index (κ2) is 8.45. The molecule has 2 saturated heterocycles. The van der Waals surface area contributed by atoms with E-state index in [1.165, 1.54) is 0 Å². The summed E-state index contributed by atoms with van der Waals surface area (Å²) in [6.07, 6.45) is 0.503. The van der Waals surface area contributed by atoms with E-state index in [4.69, 9.17) is 4.74 Å². The number of carbonyl (C=O) groups is 2. The molecule has 0 radical (unpaired) electrons. The Balaban J connectivity index is 1.28. The smallest absolute Gasteiger partial charge is 0.253 e. The fourth-order valence-electron chi connectivity index (χ4n) is 4.30. The predicted molar refractivity (Wildman–Crippen MR) is 121 cm³/mol. The average Bonchev–Trinajstić information content (AvgIpc) is 2.82. The number of nitriles is 1. The van der Waals surface area contributed by atoms with E-state index < -0.39 is 0 Å². The zero-order valence-corrected chi connectivity index (χ0v) is 17.7. The Morgan fingerprint density at radius 3 is 2.25 bits per heavy atom. The van der Waals surface area contributed by atoms with Crippen molar-refractivity contribution in [1.82, 2.24) is 9.80 Å². The molecule has 5 rings (SSSR count). The number of hydrogen-bond acceptors (Lipinski definition) is 4. The third-order valence-corrected chi connectivity index (χ3v) is 6.32. The molecule has 0 aliphatic carbocycles. The van der Waals surface area contributed by atoms with Crippen LogP contribution in [0.1, 0.15) is 22.3 Å². The van der Waals surface area contributed by atoms with Gasteiger partial charge in [-0.15, -0.1) is 0 Å². The molecule has 2 fully saturated rings. The first-order valence-electron chi connectivity index (χ1n) is 10.9. The molecule has 2 heterocycles. The van der Waals surface area contributed by atoms with Gasteiger partial charge in [-0.25, -0.2) is 0 Å². The van der Waals surface area contributed by atoms with Gasteiger partial charge in [-0.2, -0.15) is 5.26 Å². The topological polar surface area (TPSA) is 73.6 Å². The molecule has 2 aliphatic rings. The molecule has 0 spiro atoms. The van der Waals surface area contributed by atoms with Crippen molar-refractivity contribution in [3.05, 3.63) is 71.8 Å². The lowest BCUT2D eigenvalue weighted by Crippen LogP contribution is -2.54. The van der Waals surface area contributed by atoms with Crippen LogP contribution in [-0.4, -0.2) is 60.5 Å². The molecule has 6 nitrogen and oxygen atoms in total. The van der Waals surface area contributed by atoms with Crippen molar-refractivity contribution in [2.24, 2.45) is 0 Å². The molecule has 2 amide bonds. The van der Waals surface area contributed by atoms with Gasteiger partial charge in [0.25, 0.3) is 11.8 Å². The van der Waals surface area contributed by atoms with E-state index in [0.717, 1.165) is 28.3 Å². The molecular weight excluding hydrogens is 402 g/mol. The van der Waals surface area contributed by atoms with Crippen molar-refractivity contribution in [3.8, 4) is 17.2 Å². The van der Waals surface area contributed by atoms with Gasteiger partial charge in [0, 0.05) is 43.5 Å². The first-order chi connectivity index (χ1) is 15.6. The van der Waals surface area contributed by atoms with Crippen molar-refractivity contribution in [3.63, 3.8) is 0 Å². The number of nitrogens with zero attached hydrogens (tertiary/aromatic N) is 3. The quantitative estimate of drug-likeness (QED) is 0.644. The maximum absolute atomic E-state index is 12.9. The third-order valence-electron chi connectivity index (χ3n) is 6.32. The summed E-state index contributed by atoms with van der Waals surface area (Å²) in [6, 6.07) is 21.6. The lowest BCUT2D eigenvalue weighted by Gasteiger charge is -2.38. The van der Waals surface area contributed by atoms with Gasteiger partial charge in [0.2, 0.25) is 0 Å². The number of piperazine rings is 1. The molecule has 0 saturated carbocycles. The zero-order valence-electron chi connectivity index (χ0n) is 17.7. The van der Waals surface area contributed by atoms with Gasteiger partial charge in [0.05, 0.1) is 18.2 Å². The lowest BCUT2D eigenvalue weighted by molar-refractivity contribution is -0.157. The number of ether oxygens (including phenoxy) is 1. The maximum Gasteiger partial charge on any atom is 0.253 e. The molecule has 3 aromatic carbocycles. The Morgan fingerprint density at radius 2 is 1.59 bits per heavy atom. The molecule has 2 aliphatic heterocycles. The van der Waals surface area contributed by atoms with Crippen LogP contribution in [0.4, 0.5) is 0 Å². The van der Waals surface area contributed by atoms with Gasteiger partial charge < -0.3 is 14.5 Å². The second-order valence-electron chi connectivity index (χ2n) is 8.20. The largest absolute Gasteiger partial charge is 0.368 e. The Labute approximate surface area is 186 Å². The summed E-state index contributed by atoms with van der Waals surface area (Å²) < 4.78 is 5.29. The van der Waals surface area contributed by atoms with E-state index in [1.807, 2.05) is 60.7 Å². The highest BCUT2D eigenvalue weighted by Gasteiger charge is 2.33. The van der Waals surface area contributed by atoms with Crippen molar-refractivity contribution >= 4 is 22.6 Å². The predicted octanol–water partition coefficient (Wildman–Crippen LogP) is 3.45. The number of rotatable bonds is 3. The molecule has 160 valence electrons. The summed E-state index contributed by atoms with van der Waals surface area (Å²) in [5.74, 6) is 0.0245. The molecule has 32 heavy (non-hydrogen) atoms. The molecule has 0 N–H and O–H groups in total. The Kier molecular flexibility index (Phi) is 5.34. The Hall–Kier alpha value is -3.69. The third kappa shape index (κ3) is 3.72. The molecule has 1 unspecified atom stereocenters. The summed E-state index contributed by atoms with van der Waals surface area (Å²) in [5.41, 5.74) is 3.28. The zero-order chi connectivity index (χ0) is 22.1. The normalized spacial score (nSPS) is 18.2. The van der Waals surface area contributed by atoms with Crippen molar-refractivity contribution in [2.45, 2.75) is 12.5 Å². The van der Waals surface area contributed by atoms with Crippen LogP contribution < -0.4 is 0 Å². The molecule has 6 heteroatoms. The van der Waals surface area contributed by atoms with Gasteiger partial charge >= 0.3 is 0 Å². The van der Waals surface area contributed by atoms with Gasteiger partial charge in [0.15, 0.2) is 0 Å². The van der Waals surface area contributed by atoms with E-state index in [-0.39, 0.29) is 17.9 Å². The van der Waals surface area contributed by atoms with Crippen LogP contribution in [0.3, 0.4) is 0 Å². The molecule has 0 bridgehead atoms. The maximum atomic E-state index is 12.9. The minimum Gasteiger partial charge on any atom is -0.368 e. The van der Waals surface area contributed by atoms with Crippen molar-refractivity contribution in [1.29, 1.82) is 5.26 Å². The van der Waals surface area contributed by atoms with E-state index in [9.17, 15) is 14.9 Å². The first-order valence-corrected chi connectivity index (χ1v) is 10.9. The average molecular weight is 425 g/mol. The van der Waals surface area contributed by atoms with E-state index in [0.29, 0.717) is 43.9 Å². The van der Waals surface area contributed by atoms with Crippen LogP contribution in [0.2, 0.25) is 0 Å². The monoisotopic (exact) mass is 425 g/mol. The second-order valence-corrected chi connectivity index (χ2v) is 8.20. The van der Waals surface area contributed by atoms with Gasteiger partial charge in [-0.05, 0) is 40.8 Å². The van der Waals surface area contributed by atoms with Crippen molar-refractivity contribution < 1.29 is 14.3 Å². The standard InChI is InChI=1S/C26H23N3O3/c27-17-22-3-1-2-19-6-9-21(16-23(19)22)18-4-7-20(8-5-18)25(30)28-11-13-29(14-12-28)26(31)24-10-15-32-24/h1-9,16,24H,10-15H2. The van der Waals surface area contributed by atoms with E-state index in [1.54, 1.807) is 9.80 Å². The molecule has 3 aromatic rings. The first kappa shape index (κ1) is 20.2. The molecule has 0 aromatic heterocycles. The summed E-state index contributed by atoms with van der Waals surface area (Å²) in [5, 5.41) is 11.3. The van der Waals surface area contributed by atoms with Crippen LogP contribution >= 0.6 is 0 Å². The minimum absolute atomic E-state index is 0.0196. The van der Waals surface area contributed by atoms with E-state index >= 15 is 0 Å². The number of hydrogen-bond donors (Lipinski definition) is 0. The SMILES string of the molecule is N#Cc1cccc2ccc(-c3ccc(C(=O)N4CCN(C(=O)C5CCO5)CC4)cc3)cc12. The van der Waals surface area contributed by atoms with Gasteiger partial charge in [-0.1, -0.05) is 36.4 Å². The van der Waals surface area contributed by atoms with Crippen LogP contribution in [0.15, 0.2) is 60.7 Å². The van der Waals surface area contributed by atoms with Crippen molar-refractivity contribution in [2.75, 3.05) is 32.8 Å².